The summed E-state index contributed by atoms with van der Waals surface area (Å²) in [6.45, 7) is 2.37. The Balaban J connectivity index is 2.08. The Kier molecular flexibility index (Phi) is 5.93. The molecule has 0 aromatic carbocycles. The fraction of sp³-hybridized carbons (Fsp3) is 0.824. The molecule has 2 aliphatic rings. The van der Waals surface area contributed by atoms with E-state index < -0.39 is 0 Å². The van der Waals surface area contributed by atoms with Crippen LogP contribution in [0.2, 0.25) is 0 Å². The largest absolute Gasteiger partial charge is 0.463 e. The van der Waals surface area contributed by atoms with Gasteiger partial charge in [-0.05, 0) is 44.4 Å². The van der Waals surface area contributed by atoms with Crippen molar-refractivity contribution in [1.82, 2.24) is 0 Å². The standard InChI is InChI=1S/C17H28O2/c1-2-19-17(18)13-16(14-9-5-3-6-10-14)15-11-7-4-8-12-15/h13-15H,2-12H2,1H3. The zero-order valence-electron chi connectivity index (χ0n) is 12.3. The van der Waals surface area contributed by atoms with Gasteiger partial charge in [-0.25, -0.2) is 4.79 Å². The van der Waals surface area contributed by atoms with Crippen molar-refractivity contribution in [3.63, 3.8) is 0 Å². The average Bonchev–Trinajstić information content (AvgIpc) is 2.47. The number of carbonyl (C=O) groups is 1. The molecule has 0 unspecified atom stereocenters. The Morgan fingerprint density at radius 2 is 1.42 bits per heavy atom. The molecule has 0 heterocycles. The maximum Gasteiger partial charge on any atom is 0.330 e. The van der Waals surface area contributed by atoms with Crippen LogP contribution < -0.4 is 0 Å². The molecule has 108 valence electrons. The van der Waals surface area contributed by atoms with Gasteiger partial charge in [-0.1, -0.05) is 44.1 Å². The van der Waals surface area contributed by atoms with Gasteiger partial charge < -0.3 is 4.74 Å². The number of esters is 1. The second-order valence-electron chi connectivity index (χ2n) is 6.07. The zero-order valence-corrected chi connectivity index (χ0v) is 12.3. The molecule has 19 heavy (non-hydrogen) atoms. The normalized spacial score (nSPS) is 21.9. The van der Waals surface area contributed by atoms with Gasteiger partial charge in [-0.15, -0.1) is 0 Å². The molecule has 2 heteroatoms. The van der Waals surface area contributed by atoms with Crippen LogP contribution in [0, 0.1) is 11.8 Å². The maximum atomic E-state index is 11.8. The van der Waals surface area contributed by atoms with Crippen LogP contribution in [0.3, 0.4) is 0 Å². The summed E-state index contributed by atoms with van der Waals surface area (Å²) in [5.41, 5.74) is 1.43. The number of hydrogen-bond acceptors (Lipinski definition) is 2. The van der Waals surface area contributed by atoms with E-state index in [-0.39, 0.29) is 5.97 Å². The first-order valence-corrected chi connectivity index (χ1v) is 8.19. The highest BCUT2D eigenvalue weighted by molar-refractivity contribution is 5.83. The van der Waals surface area contributed by atoms with Crippen molar-refractivity contribution in [2.45, 2.75) is 71.1 Å². The Morgan fingerprint density at radius 1 is 0.947 bits per heavy atom. The van der Waals surface area contributed by atoms with Crippen LogP contribution in [-0.2, 0) is 9.53 Å². The lowest BCUT2D eigenvalue weighted by molar-refractivity contribution is -0.137. The monoisotopic (exact) mass is 264 g/mol. The molecule has 0 atom stereocenters. The van der Waals surface area contributed by atoms with Gasteiger partial charge >= 0.3 is 5.97 Å². The molecular weight excluding hydrogens is 236 g/mol. The van der Waals surface area contributed by atoms with Crippen molar-refractivity contribution in [1.29, 1.82) is 0 Å². The molecular formula is C17H28O2. The second-order valence-corrected chi connectivity index (χ2v) is 6.07. The summed E-state index contributed by atoms with van der Waals surface area (Å²) in [7, 11) is 0. The predicted octanol–water partition coefficient (Wildman–Crippen LogP) is 4.64. The smallest absolute Gasteiger partial charge is 0.330 e. The molecule has 0 aliphatic heterocycles. The lowest BCUT2D eigenvalue weighted by Crippen LogP contribution is -2.20. The lowest BCUT2D eigenvalue weighted by atomic mass is 9.73. The van der Waals surface area contributed by atoms with Crippen molar-refractivity contribution in [2.24, 2.45) is 11.8 Å². The molecule has 2 aliphatic carbocycles. The molecule has 0 aromatic rings. The van der Waals surface area contributed by atoms with Crippen LogP contribution in [0.4, 0.5) is 0 Å². The number of hydrogen-bond donors (Lipinski definition) is 0. The highest BCUT2D eigenvalue weighted by Gasteiger charge is 2.26. The van der Waals surface area contributed by atoms with E-state index in [1.54, 1.807) is 0 Å². The van der Waals surface area contributed by atoms with E-state index in [1.807, 2.05) is 13.0 Å². The topological polar surface area (TPSA) is 26.3 Å². The molecule has 0 bridgehead atoms. The fourth-order valence-electron chi connectivity index (χ4n) is 3.76. The zero-order chi connectivity index (χ0) is 13.5. The minimum Gasteiger partial charge on any atom is -0.463 e. The summed E-state index contributed by atoms with van der Waals surface area (Å²) < 4.78 is 5.14. The van der Waals surface area contributed by atoms with E-state index in [1.165, 1.54) is 69.8 Å². The summed E-state index contributed by atoms with van der Waals surface area (Å²) in [5, 5.41) is 0. The van der Waals surface area contributed by atoms with Crippen LogP contribution in [0.5, 0.6) is 0 Å². The van der Waals surface area contributed by atoms with Crippen LogP contribution >= 0.6 is 0 Å². The quantitative estimate of drug-likeness (QED) is 0.546. The third kappa shape index (κ3) is 4.36. The van der Waals surface area contributed by atoms with Crippen LogP contribution in [0.25, 0.3) is 0 Å². The fourth-order valence-corrected chi connectivity index (χ4v) is 3.76. The molecule has 2 nitrogen and oxygen atoms in total. The Morgan fingerprint density at radius 3 is 1.84 bits per heavy atom. The first-order valence-electron chi connectivity index (χ1n) is 8.19. The van der Waals surface area contributed by atoms with E-state index >= 15 is 0 Å². The van der Waals surface area contributed by atoms with Gasteiger partial charge in [0.1, 0.15) is 0 Å². The summed E-state index contributed by atoms with van der Waals surface area (Å²) in [4.78, 5) is 11.8. The van der Waals surface area contributed by atoms with Crippen LogP contribution in [0.1, 0.15) is 71.1 Å². The third-order valence-electron chi connectivity index (χ3n) is 4.72. The van der Waals surface area contributed by atoms with Gasteiger partial charge in [-0.3, -0.25) is 0 Å². The van der Waals surface area contributed by atoms with Gasteiger partial charge in [0.05, 0.1) is 6.61 Å². The van der Waals surface area contributed by atoms with E-state index in [0.717, 1.165) is 0 Å². The molecule has 0 aromatic heterocycles. The molecule has 2 rings (SSSR count). The summed E-state index contributed by atoms with van der Waals surface area (Å²) in [6, 6.07) is 0. The van der Waals surface area contributed by atoms with Crippen molar-refractivity contribution < 1.29 is 9.53 Å². The van der Waals surface area contributed by atoms with Crippen molar-refractivity contribution >= 4 is 5.97 Å². The summed E-state index contributed by atoms with van der Waals surface area (Å²) >= 11 is 0. The predicted molar refractivity (Wildman–Crippen MR) is 77.9 cm³/mol. The highest BCUT2D eigenvalue weighted by atomic mass is 16.5. The van der Waals surface area contributed by atoms with Gasteiger partial charge in [0, 0.05) is 6.08 Å². The van der Waals surface area contributed by atoms with Crippen LogP contribution in [0.15, 0.2) is 11.6 Å². The van der Waals surface area contributed by atoms with Crippen LogP contribution in [-0.4, -0.2) is 12.6 Å². The molecule has 0 N–H and O–H groups in total. The molecule has 2 saturated carbocycles. The van der Waals surface area contributed by atoms with Crippen molar-refractivity contribution in [2.75, 3.05) is 6.61 Å². The third-order valence-corrected chi connectivity index (χ3v) is 4.72. The molecule has 2 fully saturated rings. The maximum absolute atomic E-state index is 11.8. The van der Waals surface area contributed by atoms with Gasteiger partial charge in [0.2, 0.25) is 0 Å². The summed E-state index contributed by atoms with van der Waals surface area (Å²) in [6.07, 6.45) is 15.0. The van der Waals surface area contributed by atoms with Gasteiger partial charge in [0.15, 0.2) is 0 Å². The summed E-state index contributed by atoms with van der Waals surface area (Å²) in [5.74, 6) is 1.19. The second kappa shape index (κ2) is 7.72. The number of allylic oxidation sites excluding steroid dienone is 1. The van der Waals surface area contributed by atoms with Gasteiger partial charge in [-0.2, -0.15) is 0 Å². The first kappa shape index (κ1) is 14.6. The molecule has 0 radical (unpaired) electrons. The van der Waals surface area contributed by atoms with Crippen molar-refractivity contribution in [3.8, 4) is 0 Å². The van der Waals surface area contributed by atoms with E-state index in [0.29, 0.717) is 18.4 Å². The lowest BCUT2D eigenvalue weighted by Gasteiger charge is -2.32. The highest BCUT2D eigenvalue weighted by Crippen LogP contribution is 2.39. The number of carbonyl (C=O) groups excluding carboxylic acids is 1. The first-order chi connectivity index (χ1) is 9.31. The van der Waals surface area contributed by atoms with E-state index in [9.17, 15) is 4.79 Å². The van der Waals surface area contributed by atoms with Gasteiger partial charge in [0.25, 0.3) is 0 Å². The minimum atomic E-state index is -0.117. The molecule has 0 spiro atoms. The van der Waals surface area contributed by atoms with E-state index in [4.69, 9.17) is 4.74 Å². The minimum absolute atomic E-state index is 0.117. The average molecular weight is 264 g/mol. The Bertz CT molecular complexity index is 287. The number of ether oxygens (including phenoxy) is 1. The molecule has 0 amide bonds. The molecule has 0 saturated heterocycles. The van der Waals surface area contributed by atoms with Crippen molar-refractivity contribution in [3.05, 3.63) is 11.6 Å². The SMILES string of the molecule is CCOC(=O)C=C(C1CCCCC1)C1CCCCC1. The Labute approximate surface area is 117 Å². The Hall–Kier alpha value is -0.790. The van der Waals surface area contributed by atoms with E-state index in [2.05, 4.69) is 0 Å². The number of rotatable bonds is 4.